The smallest absolute Gasteiger partial charge is 0.318 e. The Balaban J connectivity index is 1.69. The van der Waals surface area contributed by atoms with E-state index < -0.39 is 0 Å². The Kier molecular flexibility index (Phi) is 5.85. The van der Waals surface area contributed by atoms with Crippen LogP contribution in [-0.2, 0) is 0 Å². The van der Waals surface area contributed by atoms with Gasteiger partial charge in [0.15, 0.2) is 5.65 Å². The predicted octanol–water partition coefficient (Wildman–Crippen LogP) is 4.68. The van der Waals surface area contributed by atoms with Crippen LogP contribution in [-0.4, -0.2) is 33.8 Å². The predicted molar refractivity (Wildman–Crippen MR) is 126 cm³/mol. The van der Waals surface area contributed by atoms with Gasteiger partial charge in [0.1, 0.15) is 0 Å². The third-order valence-electron chi connectivity index (χ3n) is 5.00. The highest BCUT2D eigenvalue weighted by molar-refractivity contribution is 6.12. The normalized spacial score (nSPS) is 10.9. The summed E-state index contributed by atoms with van der Waals surface area (Å²) in [5.41, 5.74) is 4.02. The topological polar surface area (TPSA) is 101 Å². The van der Waals surface area contributed by atoms with Crippen LogP contribution in [0.4, 0.5) is 16.2 Å². The molecule has 162 valence electrons. The number of hydrogen-bond acceptors (Lipinski definition) is 4. The first-order chi connectivity index (χ1) is 15.5. The molecule has 0 aliphatic carbocycles. The number of pyridine rings is 1. The highest BCUT2D eigenvalue weighted by Gasteiger charge is 2.18. The number of amides is 3. The van der Waals surface area contributed by atoms with Gasteiger partial charge in [0.05, 0.1) is 22.8 Å². The maximum absolute atomic E-state index is 13.2. The average Bonchev–Trinajstić information content (AvgIpc) is 3.24. The SMILES string of the molecule is CNC(=O)Nc1ccc(NC(=O)c2cc(-c3ccccc3)nc3c2cnn3C(C)C)cc1. The van der Waals surface area contributed by atoms with Crippen molar-refractivity contribution in [1.82, 2.24) is 20.1 Å². The van der Waals surface area contributed by atoms with Crippen LogP contribution in [0.1, 0.15) is 30.2 Å². The molecule has 8 heteroatoms. The molecule has 0 saturated carbocycles. The number of benzene rings is 2. The molecular weight excluding hydrogens is 404 g/mol. The monoisotopic (exact) mass is 428 g/mol. The van der Waals surface area contributed by atoms with Crippen LogP contribution >= 0.6 is 0 Å². The van der Waals surface area contributed by atoms with Crippen molar-refractivity contribution in [1.29, 1.82) is 0 Å². The van der Waals surface area contributed by atoms with Crippen molar-refractivity contribution >= 4 is 34.3 Å². The molecule has 3 amide bonds. The molecule has 2 heterocycles. The fourth-order valence-corrected chi connectivity index (χ4v) is 3.37. The molecule has 2 aromatic carbocycles. The summed E-state index contributed by atoms with van der Waals surface area (Å²) in [4.78, 5) is 29.5. The molecule has 0 spiro atoms. The molecule has 0 bridgehead atoms. The Bertz CT molecular complexity index is 1260. The van der Waals surface area contributed by atoms with Crippen molar-refractivity contribution < 1.29 is 9.59 Å². The van der Waals surface area contributed by atoms with E-state index in [0.717, 1.165) is 5.56 Å². The minimum Gasteiger partial charge on any atom is -0.341 e. The van der Waals surface area contributed by atoms with Crippen molar-refractivity contribution in [2.24, 2.45) is 0 Å². The lowest BCUT2D eigenvalue weighted by Gasteiger charge is -2.11. The zero-order valence-corrected chi connectivity index (χ0v) is 18.1. The molecule has 4 rings (SSSR count). The van der Waals surface area contributed by atoms with Gasteiger partial charge in [0, 0.05) is 30.0 Å². The molecule has 0 aliphatic rings. The van der Waals surface area contributed by atoms with Crippen LogP contribution in [0.5, 0.6) is 0 Å². The summed E-state index contributed by atoms with van der Waals surface area (Å²) >= 11 is 0. The van der Waals surface area contributed by atoms with Gasteiger partial charge in [-0.15, -0.1) is 0 Å². The van der Waals surface area contributed by atoms with Crippen molar-refractivity contribution in [2.45, 2.75) is 19.9 Å². The van der Waals surface area contributed by atoms with Crippen molar-refractivity contribution in [3.8, 4) is 11.3 Å². The van der Waals surface area contributed by atoms with Gasteiger partial charge in [0.25, 0.3) is 5.91 Å². The van der Waals surface area contributed by atoms with Gasteiger partial charge in [-0.3, -0.25) is 4.79 Å². The van der Waals surface area contributed by atoms with E-state index in [-0.39, 0.29) is 18.0 Å². The lowest BCUT2D eigenvalue weighted by Crippen LogP contribution is -2.24. The minimum atomic E-state index is -0.309. The number of carbonyl (C=O) groups excluding carboxylic acids is 2. The molecule has 32 heavy (non-hydrogen) atoms. The summed E-state index contributed by atoms with van der Waals surface area (Å²) in [6, 6.07) is 18.2. The summed E-state index contributed by atoms with van der Waals surface area (Å²) in [6.45, 7) is 4.05. The van der Waals surface area contributed by atoms with E-state index in [1.807, 2.05) is 48.9 Å². The van der Waals surface area contributed by atoms with E-state index in [4.69, 9.17) is 4.98 Å². The standard InChI is InChI=1S/C24H24N6O2/c1-15(2)30-22-20(14-26-30)19(13-21(29-22)16-7-5-4-6-8-16)23(31)27-17-9-11-18(12-10-17)28-24(32)25-3/h4-15H,1-3H3,(H,27,31)(H2,25,28,32). The Morgan fingerprint density at radius 1 is 0.938 bits per heavy atom. The van der Waals surface area contributed by atoms with Crippen LogP contribution in [0.2, 0.25) is 0 Å². The molecule has 0 radical (unpaired) electrons. The van der Waals surface area contributed by atoms with Gasteiger partial charge in [0.2, 0.25) is 0 Å². The van der Waals surface area contributed by atoms with Gasteiger partial charge >= 0.3 is 6.03 Å². The fraction of sp³-hybridized carbons (Fsp3) is 0.167. The van der Waals surface area contributed by atoms with E-state index >= 15 is 0 Å². The van der Waals surface area contributed by atoms with Gasteiger partial charge in [-0.2, -0.15) is 5.10 Å². The summed E-state index contributed by atoms with van der Waals surface area (Å²) in [6.07, 6.45) is 1.68. The van der Waals surface area contributed by atoms with Crippen molar-refractivity contribution in [3.05, 3.63) is 72.4 Å². The second kappa shape index (κ2) is 8.89. The zero-order chi connectivity index (χ0) is 22.7. The maximum Gasteiger partial charge on any atom is 0.318 e. The van der Waals surface area contributed by atoms with Crippen molar-refractivity contribution in [3.63, 3.8) is 0 Å². The number of anilines is 2. The molecule has 2 aromatic heterocycles. The number of aromatic nitrogens is 3. The molecule has 0 aliphatic heterocycles. The number of nitrogens with one attached hydrogen (secondary N) is 3. The summed E-state index contributed by atoms with van der Waals surface area (Å²) in [5.74, 6) is -0.259. The van der Waals surface area contributed by atoms with Gasteiger partial charge < -0.3 is 16.0 Å². The lowest BCUT2D eigenvalue weighted by atomic mass is 10.1. The number of carbonyl (C=O) groups is 2. The average molecular weight is 428 g/mol. The summed E-state index contributed by atoms with van der Waals surface area (Å²) in [7, 11) is 1.55. The number of nitrogens with zero attached hydrogens (tertiary/aromatic N) is 3. The van der Waals surface area contributed by atoms with Gasteiger partial charge in [-0.05, 0) is 44.2 Å². The Morgan fingerprint density at radius 3 is 2.22 bits per heavy atom. The Labute approximate surface area is 185 Å². The second-order valence-electron chi connectivity index (χ2n) is 7.58. The van der Waals surface area contributed by atoms with Crippen LogP contribution < -0.4 is 16.0 Å². The van der Waals surface area contributed by atoms with E-state index in [9.17, 15) is 9.59 Å². The first-order valence-electron chi connectivity index (χ1n) is 10.3. The van der Waals surface area contributed by atoms with Gasteiger partial charge in [-0.1, -0.05) is 30.3 Å². The quantitative estimate of drug-likeness (QED) is 0.429. The van der Waals surface area contributed by atoms with Crippen LogP contribution in [0.15, 0.2) is 66.9 Å². The Hall–Kier alpha value is -4.20. The molecule has 0 atom stereocenters. The van der Waals surface area contributed by atoms with Crippen molar-refractivity contribution in [2.75, 3.05) is 17.7 Å². The van der Waals surface area contributed by atoms with E-state index in [1.165, 1.54) is 0 Å². The third kappa shape index (κ3) is 4.29. The van der Waals surface area contributed by atoms with E-state index in [1.54, 1.807) is 43.6 Å². The maximum atomic E-state index is 13.2. The number of urea groups is 1. The molecular formula is C24H24N6O2. The third-order valence-corrected chi connectivity index (χ3v) is 5.00. The largest absolute Gasteiger partial charge is 0.341 e. The van der Waals surface area contributed by atoms with Crippen LogP contribution in [0.25, 0.3) is 22.3 Å². The second-order valence-corrected chi connectivity index (χ2v) is 7.58. The minimum absolute atomic E-state index is 0.0994. The number of rotatable bonds is 5. The van der Waals surface area contributed by atoms with E-state index in [0.29, 0.717) is 33.7 Å². The highest BCUT2D eigenvalue weighted by atomic mass is 16.2. The van der Waals surface area contributed by atoms with E-state index in [2.05, 4.69) is 21.0 Å². The zero-order valence-electron chi connectivity index (χ0n) is 18.1. The molecule has 8 nitrogen and oxygen atoms in total. The molecule has 0 saturated heterocycles. The molecule has 3 N–H and O–H groups in total. The van der Waals surface area contributed by atoms with Gasteiger partial charge in [-0.25, -0.2) is 14.5 Å². The Morgan fingerprint density at radius 2 is 1.59 bits per heavy atom. The number of hydrogen-bond donors (Lipinski definition) is 3. The summed E-state index contributed by atoms with van der Waals surface area (Å²) < 4.78 is 1.82. The lowest BCUT2D eigenvalue weighted by molar-refractivity contribution is 0.102. The number of fused-ring (bicyclic) bond motifs is 1. The van der Waals surface area contributed by atoms with Crippen LogP contribution in [0, 0.1) is 0 Å². The molecule has 4 aromatic rings. The fourth-order valence-electron chi connectivity index (χ4n) is 3.37. The van der Waals surface area contributed by atoms with Crippen LogP contribution in [0.3, 0.4) is 0 Å². The molecule has 0 fully saturated rings. The highest BCUT2D eigenvalue weighted by Crippen LogP contribution is 2.27. The molecule has 0 unspecified atom stereocenters. The summed E-state index contributed by atoms with van der Waals surface area (Å²) in [5, 5.41) is 13.3. The first-order valence-corrected chi connectivity index (χ1v) is 10.3. The first kappa shape index (κ1) is 21.0.